The predicted octanol–water partition coefficient (Wildman–Crippen LogP) is 11.7. The van der Waals surface area contributed by atoms with Crippen LogP contribution in [-0.4, -0.2) is 128 Å². The number of imidazole rings is 2. The van der Waals surface area contributed by atoms with Crippen LogP contribution in [0.3, 0.4) is 0 Å². The molecule has 7 aromatic heterocycles. The first kappa shape index (κ1) is 60.5. The first-order chi connectivity index (χ1) is 38.4. The van der Waals surface area contributed by atoms with Crippen molar-refractivity contribution < 1.29 is 27.8 Å². The Morgan fingerprint density at radius 2 is 1.25 bits per heavy atom. The summed E-state index contributed by atoms with van der Waals surface area (Å²) in [6, 6.07) is 15.0. The van der Waals surface area contributed by atoms with Crippen LogP contribution in [0.15, 0.2) is 71.9 Å². The lowest BCUT2D eigenvalue weighted by atomic mass is 9.91. The summed E-state index contributed by atoms with van der Waals surface area (Å²) in [7, 11) is 3.71. The molecule has 24 heteroatoms. The molecule has 10 rings (SSSR count). The van der Waals surface area contributed by atoms with Gasteiger partial charge in [-0.2, -0.15) is 10.2 Å². The number of rotatable bonds is 16. The number of carbonyl (C=O) groups excluding carboxylic acids is 2. The highest BCUT2D eigenvalue weighted by atomic mass is 79.9. The molecule has 0 radical (unpaired) electrons. The number of halogens is 5. The maximum Gasteiger partial charge on any atom is 0.209 e. The van der Waals surface area contributed by atoms with Gasteiger partial charge in [0, 0.05) is 125 Å². The number of fused-ring (bicyclic) bond motifs is 2. The number of aryl methyl sites for hydroxylation is 2. The topological polar surface area (TPSA) is 207 Å². The normalized spacial score (nSPS) is 15.9. The quantitative estimate of drug-likeness (QED) is 0.0922. The van der Waals surface area contributed by atoms with Gasteiger partial charge in [0.25, 0.3) is 0 Å². The van der Waals surface area contributed by atoms with E-state index in [-0.39, 0.29) is 54.6 Å². The van der Waals surface area contributed by atoms with Gasteiger partial charge >= 0.3 is 0 Å². The molecule has 2 aliphatic rings. The standard InChI is InChI=1S/C29H35ClFN7O2.C15H12BrClN4O2.C13H23FN4/c1-18(39)14-19-15-21(8-11-32-19)40-23-7-6-22-27(26(23)30)36(5)28(33-22)34-25-16-24(29(2,3)4)38(35-25)20-9-12-37(17-20)13-10-31;1-8(22)5-9-6-10(3-4-18-9)23-11-7-19-14-13(12(11)17)21(2)15(16)20-14;1-13(2,3)11-8-12(15)16-18(11)10-4-6-17(9-10)7-5-14/h6-8,11,15-16,20H,9-10,12-14,17H2,1-5H3,(H,33,34,35);3-4,6-7H,5H2,1-2H3;8,10H,4-7,9H2,1-3H3,(H2,15,16)/t20-;;10-/m1.1/s1. The third kappa shape index (κ3) is 14.7. The van der Waals surface area contributed by atoms with E-state index in [0.29, 0.717) is 108 Å². The van der Waals surface area contributed by atoms with E-state index in [1.807, 2.05) is 35.5 Å². The smallest absolute Gasteiger partial charge is 0.209 e. The summed E-state index contributed by atoms with van der Waals surface area (Å²) >= 11 is 16.6. The van der Waals surface area contributed by atoms with Gasteiger partial charge in [-0.15, -0.1) is 0 Å². The highest BCUT2D eigenvalue weighted by Gasteiger charge is 2.32. The molecule has 2 fully saturated rings. The monoisotopic (exact) mass is 1220 g/mol. The number of benzene rings is 1. The SMILES string of the molecule is CC(=O)Cc1cc(Oc2ccc3nc(Nc4cc(C(C)(C)C)n([C@@H]5CCN(CCF)C5)n4)n(C)c3c2Cl)ccn1.CC(=O)Cc1cc(Oc2cnc3nc(Br)n(C)c3c2Cl)ccn1.CC(C)(C)c1cc(N)nn1[C@@H]1CCN(CCF)C1. The van der Waals surface area contributed by atoms with Gasteiger partial charge in [-0.3, -0.25) is 38.7 Å². The number of alkyl halides is 2. The van der Waals surface area contributed by atoms with Gasteiger partial charge in [-0.05, 0) is 66.9 Å². The van der Waals surface area contributed by atoms with Crippen molar-refractivity contribution in [2.24, 2.45) is 14.1 Å². The van der Waals surface area contributed by atoms with E-state index in [9.17, 15) is 18.4 Å². The van der Waals surface area contributed by atoms with Crippen LogP contribution < -0.4 is 20.5 Å². The number of nitrogen functional groups attached to an aromatic ring is 1. The molecule has 81 heavy (non-hydrogen) atoms. The van der Waals surface area contributed by atoms with Crippen LogP contribution in [0, 0.1) is 0 Å². The molecule has 0 unspecified atom stereocenters. The Hall–Kier alpha value is -6.59. The number of anilines is 3. The van der Waals surface area contributed by atoms with Gasteiger partial charge in [-0.25, -0.2) is 23.7 Å². The first-order valence-corrected chi connectivity index (χ1v) is 28.3. The average molecular weight is 1220 g/mol. The Labute approximate surface area is 488 Å². The van der Waals surface area contributed by atoms with Crippen LogP contribution >= 0.6 is 39.1 Å². The number of nitrogens with one attached hydrogen (secondary N) is 1. The first-order valence-electron chi connectivity index (χ1n) is 26.8. The summed E-state index contributed by atoms with van der Waals surface area (Å²) in [5.74, 6) is 3.90. The fourth-order valence-corrected chi connectivity index (χ4v) is 10.9. The lowest BCUT2D eigenvalue weighted by molar-refractivity contribution is -0.117. The van der Waals surface area contributed by atoms with E-state index in [1.54, 1.807) is 47.3 Å². The van der Waals surface area contributed by atoms with Gasteiger partial charge in [-0.1, -0.05) is 64.7 Å². The van der Waals surface area contributed by atoms with Crippen LogP contribution in [-0.2, 0) is 47.4 Å². The molecule has 19 nitrogen and oxygen atoms in total. The molecule has 0 saturated carbocycles. The Bertz CT molecular complexity index is 3530. The van der Waals surface area contributed by atoms with Crippen molar-refractivity contribution in [3.8, 4) is 23.0 Å². The number of aromatic nitrogens is 11. The number of hydrogen-bond donors (Lipinski definition) is 2. The number of hydrogen-bond acceptors (Lipinski definition) is 15. The number of ketones is 2. The Kier molecular flexibility index (Phi) is 19.2. The number of nitrogens with zero attached hydrogens (tertiary/aromatic N) is 13. The van der Waals surface area contributed by atoms with Gasteiger partial charge in [0.1, 0.15) is 63.5 Å². The van der Waals surface area contributed by atoms with E-state index in [1.165, 1.54) is 20.0 Å². The zero-order valence-electron chi connectivity index (χ0n) is 47.4. The lowest BCUT2D eigenvalue weighted by Crippen LogP contribution is -2.26. The number of ether oxygens (including phenoxy) is 2. The summed E-state index contributed by atoms with van der Waals surface area (Å²) in [6.45, 7) is 19.9. The molecule has 8 aromatic rings. The molecule has 9 heterocycles. The van der Waals surface area contributed by atoms with Crippen LogP contribution in [0.4, 0.5) is 26.4 Å². The summed E-state index contributed by atoms with van der Waals surface area (Å²) in [5, 5.41) is 13.6. The number of pyridine rings is 3. The van der Waals surface area contributed by atoms with Crippen molar-refractivity contribution in [2.45, 2.75) is 104 Å². The Morgan fingerprint density at radius 1 is 0.716 bits per heavy atom. The van der Waals surface area contributed by atoms with Crippen molar-refractivity contribution in [1.29, 1.82) is 0 Å². The predicted molar refractivity (Wildman–Crippen MR) is 316 cm³/mol. The molecule has 0 aliphatic carbocycles. The highest BCUT2D eigenvalue weighted by molar-refractivity contribution is 9.10. The van der Waals surface area contributed by atoms with Crippen LogP contribution in [0.2, 0.25) is 10.0 Å². The van der Waals surface area contributed by atoms with Crippen molar-refractivity contribution in [3.05, 3.63) is 105 Å². The van der Waals surface area contributed by atoms with Gasteiger partial charge in [0.05, 0.1) is 40.7 Å². The van der Waals surface area contributed by atoms with Crippen LogP contribution in [0.25, 0.3) is 22.2 Å². The maximum atomic E-state index is 12.9. The summed E-state index contributed by atoms with van der Waals surface area (Å²) in [5.41, 5.74) is 11.9. The molecule has 0 bridgehead atoms. The number of likely N-dealkylation sites (tertiary alicyclic amines) is 2. The summed E-state index contributed by atoms with van der Waals surface area (Å²) in [4.78, 5) is 48.6. The van der Waals surface area contributed by atoms with Crippen molar-refractivity contribution in [3.63, 3.8) is 0 Å². The van der Waals surface area contributed by atoms with E-state index in [4.69, 9.17) is 48.5 Å². The van der Waals surface area contributed by atoms with Gasteiger partial charge in [0.15, 0.2) is 21.9 Å². The van der Waals surface area contributed by atoms with Crippen LogP contribution in [0.1, 0.15) is 103 Å². The molecule has 432 valence electrons. The fourth-order valence-electron chi connectivity index (χ4n) is 9.91. The van der Waals surface area contributed by atoms with Gasteiger partial charge < -0.3 is 29.7 Å². The molecule has 0 spiro atoms. The zero-order chi connectivity index (χ0) is 58.5. The largest absolute Gasteiger partial charge is 0.456 e. The molecule has 2 atom stereocenters. The van der Waals surface area contributed by atoms with E-state index in [2.05, 4.69) is 108 Å². The Balaban J connectivity index is 0.000000177. The number of Topliss-reactive ketones (excluding diaryl/α,β-unsaturated/α-hetero) is 2. The second-order valence-corrected chi connectivity index (χ2v) is 23.9. The summed E-state index contributed by atoms with van der Waals surface area (Å²) < 4.78 is 45.6. The Morgan fingerprint density at radius 3 is 1.79 bits per heavy atom. The highest BCUT2D eigenvalue weighted by Crippen LogP contribution is 2.39. The molecule has 3 N–H and O–H groups in total. The lowest BCUT2D eigenvalue weighted by Gasteiger charge is -2.23. The average Bonchev–Trinajstić information content (AvgIpc) is 4.49. The minimum Gasteiger partial charge on any atom is -0.456 e. The molecule has 2 saturated heterocycles. The molecular formula is C57H70BrCl2F2N15O4. The van der Waals surface area contributed by atoms with Crippen LogP contribution in [0.5, 0.6) is 23.0 Å². The second-order valence-electron chi connectivity index (χ2n) is 22.5. The van der Waals surface area contributed by atoms with Gasteiger partial charge in [0.2, 0.25) is 5.95 Å². The fraction of sp³-hybridized carbons (Fsp3) is 0.456. The van der Waals surface area contributed by atoms with E-state index >= 15 is 0 Å². The minimum absolute atomic E-state index is 0.0259. The third-order valence-electron chi connectivity index (χ3n) is 13.8. The van der Waals surface area contributed by atoms with Crippen molar-refractivity contribution >= 4 is 90.5 Å². The van der Waals surface area contributed by atoms with E-state index in [0.717, 1.165) is 50.4 Å². The molecule has 2 aliphatic heterocycles. The summed E-state index contributed by atoms with van der Waals surface area (Å²) in [6.07, 6.45) is 7.18. The molecule has 1 aromatic carbocycles. The maximum absolute atomic E-state index is 12.9. The molecule has 0 amide bonds. The number of carbonyl (C=O) groups is 2. The van der Waals surface area contributed by atoms with E-state index < -0.39 is 0 Å². The number of nitrogens with two attached hydrogens (primary N) is 1. The second kappa shape index (κ2) is 25.7. The third-order valence-corrected chi connectivity index (χ3v) is 15.3. The van der Waals surface area contributed by atoms with Crippen molar-refractivity contribution in [1.82, 2.24) is 63.4 Å². The minimum atomic E-state index is -0.337. The zero-order valence-corrected chi connectivity index (χ0v) is 50.5. The van der Waals surface area contributed by atoms with Crippen molar-refractivity contribution in [2.75, 3.05) is 63.7 Å². The molecular weight excluding hydrogens is 1150 g/mol.